The molecule has 1 atom stereocenters. The molecule has 0 spiro atoms. The number of anilines is 1. The molecule has 2 rings (SSSR count). The number of hydrogen-bond donors (Lipinski definition) is 0. The third kappa shape index (κ3) is 2.83. The van der Waals surface area contributed by atoms with Gasteiger partial charge in [0.25, 0.3) is 0 Å². The van der Waals surface area contributed by atoms with Gasteiger partial charge in [0.1, 0.15) is 0 Å². The molecular formula is C12H15BrClNO2S. The van der Waals surface area contributed by atoms with Gasteiger partial charge in [-0.05, 0) is 18.6 Å². The summed E-state index contributed by atoms with van der Waals surface area (Å²) in [5, 5.41) is 1.36. The number of halogens is 2. The Balaban J connectivity index is 2.29. The monoisotopic (exact) mass is 351 g/mol. The van der Waals surface area contributed by atoms with Crippen LogP contribution < -0.4 is 4.90 Å². The lowest BCUT2D eigenvalue weighted by Crippen LogP contribution is -2.33. The van der Waals surface area contributed by atoms with Crippen molar-refractivity contribution in [3.05, 3.63) is 28.8 Å². The maximum absolute atomic E-state index is 11.5. The lowest BCUT2D eigenvalue weighted by atomic mass is 10.1. The molecule has 0 aliphatic carbocycles. The van der Waals surface area contributed by atoms with Crippen molar-refractivity contribution in [3.63, 3.8) is 0 Å². The van der Waals surface area contributed by atoms with E-state index in [0.29, 0.717) is 16.8 Å². The summed E-state index contributed by atoms with van der Waals surface area (Å²) in [6.07, 6.45) is 0.688. The van der Waals surface area contributed by atoms with Gasteiger partial charge in [-0.1, -0.05) is 33.6 Å². The fraction of sp³-hybridized carbons (Fsp3) is 0.500. The quantitative estimate of drug-likeness (QED) is 0.785. The molecule has 18 heavy (non-hydrogen) atoms. The van der Waals surface area contributed by atoms with E-state index in [4.69, 9.17) is 11.6 Å². The summed E-state index contributed by atoms with van der Waals surface area (Å²) < 4.78 is 23.1. The highest BCUT2D eigenvalue weighted by molar-refractivity contribution is 9.08. The molecule has 1 aromatic rings. The zero-order chi connectivity index (χ0) is 13.3. The molecule has 100 valence electrons. The Morgan fingerprint density at radius 3 is 2.78 bits per heavy atom. The molecule has 0 saturated carbocycles. The van der Waals surface area contributed by atoms with E-state index >= 15 is 0 Å². The number of alkyl halides is 1. The first-order valence-electron chi connectivity index (χ1n) is 5.71. The van der Waals surface area contributed by atoms with Gasteiger partial charge in [0, 0.05) is 34.7 Å². The normalized spacial score (nSPS) is 22.1. The van der Waals surface area contributed by atoms with Crippen LogP contribution in [0.1, 0.15) is 12.0 Å². The van der Waals surface area contributed by atoms with Gasteiger partial charge in [0.05, 0.1) is 11.5 Å². The fourth-order valence-electron chi connectivity index (χ4n) is 2.29. The first-order chi connectivity index (χ1) is 8.44. The molecule has 1 heterocycles. The first kappa shape index (κ1) is 14.2. The summed E-state index contributed by atoms with van der Waals surface area (Å²) in [5.74, 6) is 0.518. The first-order valence-corrected chi connectivity index (χ1v) is 9.03. The second-order valence-electron chi connectivity index (χ2n) is 4.54. The van der Waals surface area contributed by atoms with Crippen LogP contribution in [-0.4, -0.2) is 33.0 Å². The Hall–Kier alpha value is -0.260. The van der Waals surface area contributed by atoms with Gasteiger partial charge in [-0.15, -0.1) is 0 Å². The second kappa shape index (κ2) is 5.39. The van der Waals surface area contributed by atoms with E-state index in [-0.39, 0.29) is 17.5 Å². The highest BCUT2D eigenvalue weighted by Crippen LogP contribution is 2.31. The van der Waals surface area contributed by atoms with Gasteiger partial charge in [0.15, 0.2) is 9.84 Å². The lowest BCUT2D eigenvalue weighted by Gasteiger charge is -2.28. The van der Waals surface area contributed by atoms with E-state index in [2.05, 4.69) is 15.9 Å². The van der Waals surface area contributed by atoms with E-state index in [1.807, 2.05) is 30.1 Å². The van der Waals surface area contributed by atoms with Crippen LogP contribution in [-0.2, 0) is 15.2 Å². The van der Waals surface area contributed by atoms with Gasteiger partial charge in [0.2, 0.25) is 0 Å². The molecule has 0 radical (unpaired) electrons. The van der Waals surface area contributed by atoms with Crippen LogP contribution in [0, 0.1) is 0 Å². The molecule has 1 saturated heterocycles. The Morgan fingerprint density at radius 2 is 2.22 bits per heavy atom. The van der Waals surface area contributed by atoms with Crippen molar-refractivity contribution in [1.29, 1.82) is 0 Å². The van der Waals surface area contributed by atoms with Crippen LogP contribution in [0.15, 0.2) is 18.2 Å². The summed E-state index contributed by atoms with van der Waals surface area (Å²) in [7, 11) is -0.931. The number of nitrogens with zero attached hydrogens (tertiary/aromatic N) is 1. The minimum absolute atomic E-state index is 0.0475. The van der Waals surface area contributed by atoms with E-state index < -0.39 is 9.84 Å². The minimum atomic E-state index is -2.86. The van der Waals surface area contributed by atoms with Crippen molar-refractivity contribution in [1.82, 2.24) is 0 Å². The maximum atomic E-state index is 11.5. The number of rotatable bonds is 3. The standard InChI is InChI=1S/C12H15BrClNO2S/c1-15(9-5-6-18(16,17)8-9)12-4-2-3-11(14)10(12)7-13/h2-4,9H,5-8H2,1H3. The Bertz CT molecular complexity index is 547. The van der Waals surface area contributed by atoms with Gasteiger partial charge in [-0.3, -0.25) is 0 Å². The summed E-state index contributed by atoms with van der Waals surface area (Å²) >= 11 is 9.59. The lowest BCUT2D eigenvalue weighted by molar-refractivity contribution is 0.601. The van der Waals surface area contributed by atoms with Crippen LogP contribution in [0.2, 0.25) is 5.02 Å². The molecule has 1 unspecified atom stereocenters. The Labute approximate surface area is 121 Å². The Kier molecular flexibility index (Phi) is 4.24. The molecule has 0 amide bonds. The highest BCUT2D eigenvalue weighted by atomic mass is 79.9. The van der Waals surface area contributed by atoms with Gasteiger partial charge >= 0.3 is 0 Å². The third-order valence-electron chi connectivity index (χ3n) is 3.36. The van der Waals surface area contributed by atoms with E-state index in [1.54, 1.807) is 0 Å². The van der Waals surface area contributed by atoms with Crippen molar-refractivity contribution in [2.45, 2.75) is 17.8 Å². The fourth-order valence-corrected chi connectivity index (χ4v) is 5.05. The minimum Gasteiger partial charge on any atom is -0.370 e. The molecule has 0 aromatic heterocycles. The molecule has 6 heteroatoms. The van der Waals surface area contributed by atoms with Gasteiger partial charge in [-0.25, -0.2) is 8.42 Å². The van der Waals surface area contributed by atoms with Crippen molar-refractivity contribution in [2.75, 3.05) is 23.5 Å². The molecule has 3 nitrogen and oxygen atoms in total. The molecule has 1 aromatic carbocycles. The molecule has 1 fully saturated rings. The van der Waals surface area contributed by atoms with Crippen LogP contribution in [0.4, 0.5) is 5.69 Å². The van der Waals surface area contributed by atoms with Gasteiger partial charge in [-0.2, -0.15) is 0 Å². The van der Waals surface area contributed by atoms with Crippen LogP contribution in [0.3, 0.4) is 0 Å². The topological polar surface area (TPSA) is 37.4 Å². The average Bonchev–Trinajstić information content (AvgIpc) is 2.68. The van der Waals surface area contributed by atoms with Crippen LogP contribution in [0.25, 0.3) is 0 Å². The van der Waals surface area contributed by atoms with E-state index in [0.717, 1.165) is 11.3 Å². The smallest absolute Gasteiger partial charge is 0.152 e. The molecule has 0 bridgehead atoms. The van der Waals surface area contributed by atoms with E-state index in [1.165, 1.54) is 0 Å². The Morgan fingerprint density at radius 1 is 1.50 bits per heavy atom. The van der Waals surface area contributed by atoms with Crippen molar-refractivity contribution in [2.24, 2.45) is 0 Å². The zero-order valence-electron chi connectivity index (χ0n) is 10.1. The van der Waals surface area contributed by atoms with Crippen LogP contribution in [0.5, 0.6) is 0 Å². The summed E-state index contributed by atoms with van der Waals surface area (Å²) in [5.41, 5.74) is 2.01. The zero-order valence-corrected chi connectivity index (χ0v) is 13.2. The van der Waals surface area contributed by atoms with Crippen LogP contribution >= 0.6 is 27.5 Å². The SMILES string of the molecule is CN(c1cccc(Cl)c1CBr)C1CCS(=O)(=O)C1. The van der Waals surface area contributed by atoms with Crippen molar-refractivity contribution < 1.29 is 8.42 Å². The maximum Gasteiger partial charge on any atom is 0.152 e. The summed E-state index contributed by atoms with van der Waals surface area (Å²) in [6.45, 7) is 0. The number of sulfone groups is 1. The van der Waals surface area contributed by atoms with Crippen molar-refractivity contribution in [3.8, 4) is 0 Å². The molecule has 1 aliphatic heterocycles. The summed E-state index contributed by atoms with van der Waals surface area (Å²) in [6, 6.07) is 5.77. The predicted molar refractivity (Wildman–Crippen MR) is 79.5 cm³/mol. The molecular weight excluding hydrogens is 338 g/mol. The highest BCUT2D eigenvalue weighted by Gasteiger charge is 2.31. The van der Waals surface area contributed by atoms with Crippen molar-refractivity contribution >= 4 is 43.1 Å². The van der Waals surface area contributed by atoms with E-state index in [9.17, 15) is 8.42 Å². The number of hydrogen-bond acceptors (Lipinski definition) is 3. The number of benzene rings is 1. The molecule has 1 aliphatic rings. The molecule has 0 N–H and O–H groups in total. The third-order valence-corrected chi connectivity index (χ3v) is 6.03. The largest absolute Gasteiger partial charge is 0.370 e. The summed E-state index contributed by atoms with van der Waals surface area (Å²) in [4.78, 5) is 2.03. The van der Waals surface area contributed by atoms with Gasteiger partial charge < -0.3 is 4.90 Å². The average molecular weight is 353 g/mol. The predicted octanol–water partition coefficient (Wildman–Crippen LogP) is 2.86. The second-order valence-corrected chi connectivity index (χ2v) is 7.74.